The van der Waals surface area contributed by atoms with Crippen LogP contribution in [0, 0.1) is 0 Å². The lowest BCUT2D eigenvalue weighted by Crippen LogP contribution is -2.41. The molecule has 0 saturated heterocycles. The van der Waals surface area contributed by atoms with Crippen molar-refractivity contribution in [3.8, 4) is 0 Å². The molecule has 1 saturated carbocycles. The first kappa shape index (κ1) is 15.4. The summed E-state index contributed by atoms with van der Waals surface area (Å²) in [5.41, 5.74) is 0.658. The second kappa shape index (κ2) is 7.70. The molecule has 1 aromatic carbocycles. The van der Waals surface area contributed by atoms with Crippen molar-refractivity contribution in [1.29, 1.82) is 0 Å². The molecule has 1 aromatic rings. The van der Waals surface area contributed by atoms with Gasteiger partial charge in [0.1, 0.15) is 0 Å². The molecular weight excluding hydrogens is 270 g/mol. The van der Waals surface area contributed by atoms with Gasteiger partial charge in [-0.2, -0.15) is 11.8 Å². The summed E-state index contributed by atoms with van der Waals surface area (Å²) in [5, 5.41) is 13.0. The Balaban J connectivity index is 1.56. The summed E-state index contributed by atoms with van der Waals surface area (Å²) >= 11 is 1.64. The third-order valence-electron chi connectivity index (χ3n) is 3.76. The zero-order valence-corrected chi connectivity index (χ0v) is 12.6. The van der Waals surface area contributed by atoms with Crippen molar-refractivity contribution in [1.82, 2.24) is 5.32 Å². The van der Waals surface area contributed by atoms with E-state index in [0.717, 1.165) is 37.9 Å². The van der Waals surface area contributed by atoms with Crippen LogP contribution in [-0.4, -0.2) is 34.7 Å². The van der Waals surface area contributed by atoms with Crippen molar-refractivity contribution in [3.63, 3.8) is 0 Å². The molecule has 4 heteroatoms. The van der Waals surface area contributed by atoms with E-state index in [1.165, 1.54) is 5.56 Å². The van der Waals surface area contributed by atoms with Crippen LogP contribution in [-0.2, 0) is 11.2 Å². The van der Waals surface area contributed by atoms with E-state index in [1.54, 1.807) is 11.8 Å². The first-order chi connectivity index (χ1) is 9.68. The fourth-order valence-electron chi connectivity index (χ4n) is 2.52. The van der Waals surface area contributed by atoms with E-state index in [9.17, 15) is 9.90 Å². The van der Waals surface area contributed by atoms with Crippen molar-refractivity contribution in [2.75, 3.05) is 18.1 Å². The number of hydrogen-bond acceptors (Lipinski definition) is 3. The number of benzene rings is 1. The highest BCUT2D eigenvalue weighted by atomic mass is 32.2. The summed E-state index contributed by atoms with van der Waals surface area (Å²) in [4.78, 5) is 11.7. The zero-order valence-electron chi connectivity index (χ0n) is 11.8. The van der Waals surface area contributed by atoms with E-state index >= 15 is 0 Å². The largest absolute Gasteiger partial charge is 0.388 e. The number of amides is 1. The lowest BCUT2D eigenvalue weighted by Gasteiger charge is -2.22. The molecule has 3 nitrogen and oxygen atoms in total. The molecule has 0 aromatic heterocycles. The van der Waals surface area contributed by atoms with Crippen LogP contribution in [0.5, 0.6) is 0 Å². The maximum Gasteiger partial charge on any atom is 0.230 e. The highest BCUT2D eigenvalue weighted by Gasteiger charge is 2.31. The summed E-state index contributed by atoms with van der Waals surface area (Å²) in [6.45, 7) is 0.408. The summed E-state index contributed by atoms with van der Waals surface area (Å²) in [5.74, 6) is 1.45. The Morgan fingerprint density at radius 2 is 1.95 bits per heavy atom. The Bertz CT molecular complexity index is 416. The molecule has 1 aliphatic rings. The second-order valence-corrected chi connectivity index (χ2v) is 6.60. The van der Waals surface area contributed by atoms with Gasteiger partial charge in [-0.1, -0.05) is 43.2 Å². The van der Waals surface area contributed by atoms with E-state index in [2.05, 4.69) is 17.4 Å². The third kappa shape index (κ3) is 5.17. The summed E-state index contributed by atoms with van der Waals surface area (Å²) in [7, 11) is 0. The molecule has 0 atom stereocenters. The third-order valence-corrected chi connectivity index (χ3v) is 4.72. The van der Waals surface area contributed by atoms with E-state index in [4.69, 9.17) is 0 Å². The number of carbonyl (C=O) groups is 1. The molecule has 0 unspecified atom stereocenters. The van der Waals surface area contributed by atoms with Crippen molar-refractivity contribution in [2.24, 2.45) is 0 Å². The Morgan fingerprint density at radius 1 is 1.25 bits per heavy atom. The van der Waals surface area contributed by atoms with Crippen molar-refractivity contribution >= 4 is 17.7 Å². The average Bonchev–Trinajstić information content (AvgIpc) is 2.90. The molecule has 1 amide bonds. The number of aliphatic hydroxyl groups is 1. The monoisotopic (exact) mass is 293 g/mol. The minimum atomic E-state index is -0.648. The van der Waals surface area contributed by atoms with Gasteiger partial charge in [0.25, 0.3) is 0 Å². The summed E-state index contributed by atoms with van der Waals surface area (Å²) in [6, 6.07) is 10.3. The standard InChI is InChI=1S/C16H23NO2S/c18-15(17-13-16(19)9-4-5-10-16)12-20-11-8-14-6-2-1-3-7-14/h1-3,6-7,19H,4-5,8-13H2,(H,17,18). The zero-order chi connectivity index (χ0) is 14.3. The summed E-state index contributed by atoms with van der Waals surface area (Å²) < 4.78 is 0. The predicted octanol–water partition coefficient (Wildman–Crippen LogP) is 2.38. The summed E-state index contributed by atoms with van der Waals surface area (Å²) in [6.07, 6.45) is 4.75. The van der Waals surface area contributed by atoms with Crippen LogP contribution >= 0.6 is 11.8 Å². The lowest BCUT2D eigenvalue weighted by molar-refractivity contribution is -0.119. The topological polar surface area (TPSA) is 49.3 Å². The van der Waals surface area contributed by atoms with E-state index in [-0.39, 0.29) is 5.91 Å². The maximum atomic E-state index is 11.7. The van der Waals surface area contributed by atoms with Gasteiger partial charge in [-0.15, -0.1) is 0 Å². The molecular formula is C16H23NO2S. The van der Waals surface area contributed by atoms with Gasteiger partial charge in [-0.3, -0.25) is 4.79 Å². The molecule has 0 aliphatic heterocycles. The average molecular weight is 293 g/mol. The number of rotatable bonds is 7. The van der Waals surface area contributed by atoms with Crippen LogP contribution in [0.2, 0.25) is 0 Å². The molecule has 20 heavy (non-hydrogen) atoms. The number of nitrogens with one attached hydrogen (secondary N) is 1. The number of thioether (sulfide) groups is 1. The van der Waals surface area contributed by atoms with Crippen molar-refractivity contribution in [3.05, 3.63) is 35.9 Å². The first-order valence-electron chi connectivity index (χ1n) is 7.29. The van der Waals surface area contributed by atoms with Gasteiger partial charge in [-0.05, 0) is 30.6 Å². The van der Waals surface area contributed by atoms with Gasteiger partial charge in [-0.25, -0.2) is 0 Å². The van der Waals surface area contributed by atoms with Crippen molar-refractivity contribution in [2.45, 2.75) is 37.7 Å². The maximum absolute atomic E-state index is 11.7. The Morgan fingerprint density at radius 3 is 2.65 bits per heavy atom. The smallest absolute Gasteiger partial charge is 0.230 e. The minimum Gasteiger partial charge on any atom is -0.388 e. The van der Waals surface area contributed by atoms with E-state index in [0.29, 0.717) is 12.3 Å². The van der Waals surface area contributed by atoms with Crippen molar-refractivity contribution < 1.29 is 9.90 Å². The fraction of sp³-hybridized carbons (Fsp3) is 0.562. The van der Waals surface area contributed by atoms with E-state index in [1.807, 2.05) is 18.2 Å². The molecule has 1 fully saturated rings. The molecule has 1 aliphatic carbocycles. The lowest BCUT2D eigenvalue weighted by atomic mass is 10.0. The Labute approximate surface area is 125 Å². The molecule has 110 valence electrons. The fourth-order valence-corrected chi connectivity index (χ4v) is 3.34. The van der Waals surface area contributed by atoms with E-state index < -0.39 is 5.60 Å². The SMILES string of the molecule is O=C(CSCCc1ccccc1)NCC1(O)CCCC1. The van der Waals surface area contributed by atoms with Crippen LogP contribution in [0.15, 0.2) is 30.3 Å². The number of hydrogen-bond donors (Lipinski definition) is 2. The van der Waals surface area contributed by atoms with Gasteiger partial charge < -0.3 is 10.4 Å². The molecule has 2 N–H and O–H groups in total. The van der Waals surface area contributed by atoms with Gasteiger partial charge in [0, 0.05) is 6.54 Å². The van der Waals surface area contributed by atoms with Gasteiger partial charge in [0.2, 0.25) is 5.91 Å². The minimum absolute atomic E-state index is 0.0309. The number of aryl methyl sites for hydroxylation is 1. The normalized spacial score (nSPS) is 17.1. The highest BCUT2D eigenvalue weighted by Crippen LogP contribution is 2.28. The second-order valence-electron chi connectivity index (χ2n) is 5.50. The van der Waals surface area contributed by atoms with Crippen LogP contribution in [0.25, 0.3) is 0 Å². The quantitative estimate of drug-likeness (QED) is 0.759. The molecule has 2 rings (SSSR count). The molecule has 0 heterocycles. The van der Waals surface area contributed by atoms with Gasteiger partial charge in [0.05, 0.1) is 11.4 Å². The number of carbonyl (C=O) groups excluding carboxylic acids is 1. The highest BCUT2D eigenvalue weighted by molar-refractivity contribution is 7.99. The van der Waals surface area contributed by atoms with Crippen LogP contribution < -0.4 is 5.32 Å². The van der Waals surface area contributed by atoms with Gasteiger partial charge in [0.15, 0.2) is 0 Å². The Hall–Kier alpha value is -1.00. The van der Waals surface area contributed by atoms with Crippen LogP contribution in [0.4, 0.5) is 0 Å². The first-order valence-corrected chi connectivity index (χ1v) is 8.44. The molecule has 0 bridgehead atoms. The van der Waals surface area contributed by atoms with Gasteiger partial charge >= 0.3 is 0 Å². The Kier molecular flexibility index (Phi) is 5.92. The molecule has 0 spiro atoms. The predicted molar refractivity (Wildman–Crippen MR) is 83.9 cm³/mol. The van der Waals surface area contributed by atoms with Crippen LogP contribution in [0.3, 0.4) is 0 Å². The van der Waals surface area contributed by atoms with Crippen LogP contribution in [0.1, 0.15) is 31.2 Å². The molecule has 0 radical (unpaired) electrons.